The molecule has 5 rings (SSSR count). The summed E-state index contributed by atoms with van der Waals surface area (Å²) in [4.78, 5) is 7.10. The van der Waals surface area contributed by atoms with Gasteiger partial charge in [-0.05, 0) is 36.6 Å². The SMILES string of the molecule is COc1nc(NC2CCN(C3COC3)CC2)nn2ccc(-c3ccc(N=N)c(NCC(C)(F)F)c3)c12. The van der Waals surface area contributed by atoms with Crippen LogP contribution in [-0.4, -0.2) is 77.5 Å². The molecule has 4 heterocycles. The highest BCUT2D eigenvalue weighted by molar-refractivity contribution is 5.87. The molecule has 0 unspecified atom stereocenters. The van der Waals surface area contributed by atoms with Crippen LogP contribution in [0.3, 0.4) is 0 Å². The van der Waals surface area contributed by atoms with Gasteiger partial charge in [0.05, 0.1) is 38.6 Å². The van der Waals surface area contributed by atoms with Gasteiger partial charge in [-0.25, -0.2) is 18.8 Å². The summed E-state index contributed by atoms with van der Waals surface area (Å²) in [5.74, 6) is -2.01. The minimum absolute atomic E-state index is 0.269. The van der Waals surface area contributed by atoms with Crippen LogP contribution in [0.25, 0.3) is 16.6 Å². The third-order valence-corrected chi connectivity index (χ3v) is 6.69. The predicted octanol–water partition coefficient (Wildman–Crippen LogP) is 4.41. The lowest BCUT2D eigenvalue weighted by molar-refractivity contribution is -0.0705. The summed E-state index contributed by atoms with van der Waals surface area (Å²) in [7, 11) is 1.56. The quantitative estimate of drug-likeness (QED) is 0.373. The number of nitrogens with zero attached hydrogens (tertiary/aromatic N) is 5. The van der Waals surface area contributed by atoms with E-state index in [0.717, 1.165) is 57.2 Å². The van der Waals surface area contributed by atoms with E-state index in [4.69, 9.17) is 15.0 Å². The van der Waals surface area contributed by atoms with Gasteiger partial charge in [0.2, 0.25) is 11.8 Å². The molecule has 192 valence electrons. The van der Waals surface area contributed by atoms with Crippen molar-refractivity contribution in [2.45, 2.75) is 37.8 Å². The number of halogens is 2. The molecule has 36 heavy (non-hydrogen) atoms. The highest BCUT2D eigenvalue weighted by Crippen LogP contribution is 2.36. The summed E-state index contributed by atoms with van der Waals surface area (Å²) in [6, 6.07) is 7.79. The van der Waals surface area contributed by atoms with Crippen LogP contribution >= 0.6 is 0 Å². The van der Waals surface area contributed by atoms with Gasteiger partial charge in [-0.15, -0.1) is 5.10 Å². The lowest BCUT2D eigenvalue weighted by atomic mass is 10.0. The summed E-state index contributed by atoms with van der Waals surface area (Å²) in [6.45, 7) is 3.95. The minimum Gasteiger partial charge on any atom is -0.479 e. The van der Waals surface area contributed by atoms with Crippen LogP contribution in [0.2, 0.25) is 0 Å². The fourth-order valence-electron chi connectivity index (χ4n) is 4.65. The second-order valence-electron chi connectivity index (χ2n) is 9.38. The first-order valence-electron chi connectivity index (χ1n) is 12.0. The van der Waals surface area contributed by atoms with Crippen LogP contribution < -0.4 is 15.4 Å². The average molecular weight is 501 g/mol. The Hall–Kier alpha value is -3.38. The normalized spacial score (nSPS) is 17.7. The van der Waals surface area contributed by atoms with Gasteiger partial charge in [-0.3, -0.25) is 4.90 Å². The largest absolute Gasteiger partial charge is 0.479 e. The molecule has 12 heteroatoms. The molecule has 10 nitrogen and oxygen atoms in total. The molecule has 0 radical (unpaired) electrons. The van der Waals surface area contributed by atoms with E-state index in [1.807, 2.05) is 12.3 Å². The third-order valence-electron chi connectivity index (χ3n) is 6.69. The zero-order chi connectivity index (χ0) is 25.3. The number of methoxy groups -OCH3 is 1. The van der Waals surface area contributed by atoms with E-state index in [-0.39, 0.29) is 11.7 Å². The number of ether oxygens (including phenoxy) is 2. The van der Waals surface area contributed by atoms with Crippen molar-refractivity contribution in [2.24, 2.45) is 5.11 Å². The number of hydrogen-bond acceptors (Lipinski definition) is 9. The molecule has 0 amide bonds. The Morgan fingerprint density at radius 1 is 1.25 bits per heavy atom. The van der Waals surface area contributed by atoms with Gasteiger partial charge < -0.3 is 20.1 Å². The van der Waals surface area contributed by atoms with Crippen LogP contribution in [0.5, 0.6) is 5.88 Å². The number of benzene rings is 1. The van der Waals surface area contributed by atoms with Crippen molar-refractivity contribution in [1.82, 2.24) is 19.5 Å². The maximum Gasteiger partial charge on any atom is 0.262 e. The number of anilines is 2. The average Bonchev–Trinajstić information content (AvgIpc) is 3.26. The molecular formula is C24H30F2N8O2. The monoisotopic (exact) mass is 500 g/mol. The molecule has 1 aromatic carbocycles. The molecule has 2 aliphatic heterocycles. The summed E-state index contributed by atoms with van der Waals surface area (Å²) in [6.07, 6.45) is 3.81. The Bertz CT molecular complexity index is 1230. The van der Waals surface area contributed by atoms with Crippen LogP contribution in [0, 0.1) is 5.53 Å². The molecule has 0 spiro atoms. The molecule has 0 saturated carbocycles. The number of fused-ring (bicyclic) bond motifs is 1. The Morgan fingerprint density at radius 3 is 2.67 bits per heavy atom. The highest BCUT2D eigenvalue weighted by Gasteiger charge is 2.30. The van der Waals surface area contributed by atoms with Crippen molar-refractivity contribution >= 4 is 22.8 Å². The van der Waals surface area contributed by atoms with E-state index in [1.165, 1.54) is 0 Å². The number of rotatable bonds is 9. The molecule has 2 saturated heterocycles. The molecule has 2 aromatic heterocycles. The van der Waals surface area contributed by atoms with Gasteiger partial charge >= 0.3 is 0 Å². The van der Waals surface area contributed by atoms with Gasteiger partial charge in [0.15, 0.2) is 0 Å². The van der Waals surface area contributed by atoms with Crippen molar-refractivity contribution in [2.75, 3.05) is 50.6 Å². The van der Waals surface area contributed by atoms with Gasteiger partial charge in [-0.2, -0.15) is 10.1 Å². The van der Waals surface area contributed by atoms with Gasteiger partial charge in [0.1, 0.15) is 11.2 Å². The lowest BCUT2D eigenvalue weighted by Crippen LogP contribution is -2.53. The molecule has 0 bridgehead atoms. The minimum atomic E-state index is -2.90. The number of hydrogen-bond donors (Lipinski definition) is 3. The van der Waals surface area contributed by atoms with Crippen molar-refractivity contribution in [3.05, 3.63) is 30.5 Å². The first-order valence-corrected chi connectivity index (χ1v) is 12.0. The standard InChI is InChI=1S/C24H30F2N8O2/c1-24(25,26)14-28-20-11-15(3-4-19(20)31-27)18-7-10-34-21(18)22(35-2)30-23(32-34)29-16-5-8-33(9-6-16)17-12-36-13-17/h3-4,7,10-11,16-17,27-28H,5-6,8-9,12-14H2,1-2H3,(H,29,32). The van der Waals surface area contributed by atoms with E-state index < -0.39 is 12.5 Å². The van der Waals surface area contributed by atoms with Crippen LogP contribution in [0.15, 0.2) is 35.6 Å². The summed E-state index contributed by atoms with van der Waals surface area (Å²) in [5, 5.41) is 14.3. The van der Waals surface area contributed by atoms with Gasteiger partial charge in [0.25, 0.3) is 5.92 Å². The Labute approximate surface area is 207 Å². The Balaban J connectivity index is 1.38. The van der Waals surface area contributed by atoms with Crippen LogP contribution in [-0.2, 0) is 4.74 Å². The van der Waals surface area contributed by atoms with Gasteiger partial charge in [-0.1, -0.05) is 6.07 Å². The first-order chi connectivity index (χ1) is 17.3. The number of likely N-dealkylation sites (tertiary alicyclic amines) is 1. The van der Waals surface area contributed by atoms with Crippen molar-refractivity contribution in [3.63, 3.8) is 0 Å². The van der Waals surface area contributed by atoms with E-state index in [1.54, 1.807) is 29.8 Å². The highest BCUT2D eigenvalue weighted by atomic mass is 19.3. The van der Waals surface area contributed by atoms with Crippen molar-refractivity contribution in [3.8, 4) is 17.0 Å². The maximum absolute atomic E-state index is 13.4. The molecule has 2 aliphatic rings. The number of aromatic nitrogens is 3. The van der Waals surface area contributed by atoms with E-state index in [9.17, 15) is 8.78 Å². The van der Waals surface area contributed by atoms with Crippen LogP contribution in [0.4, 0.5) is 26.1 Å². The molecule has 3 N–H and O–H groups in total. The number of alkyl halides is 2. The second kappa shape index (κ2) is 9.94. The van der Waals surface area contributed by atoms with Gasteiger partial charge in [0, 0.05) is 37.8 Å². The predicted molar refractivity (Wildman–Crippen MR) is 132 cm³/mol. The molecule has 0 aliphatic carbocycles. The number of piperidine rings is 1. The van der Waals surface area contributed by atoms with Crippen molar-refractivity contribution in [1.29, 1.82) is 5.53 Å². The Morgan fingerprint density at radius 2 is 2.03 bits per heavy atom. The fourth-order valence-corrected chi connectivity index (χ4v) is 4.65. The third kappa shape index (κ3) is 5.09. The zero-order valence-electron chi connectivity index (χ0n) is 20.3. The summed E-state index contributed by atoms with van der Waals surface area (Å²) in [5.41, 5.74) is 10.2. The molecule has 0 atom stereocenters. The smallest absolute Gasteiger partial charge is 0.262 e. The first kappa shape index (κ1) is 24.3. The van der Waals surface area contributed by atoms with Crippen molar-refractivity contribution < 1.29 is 18.3 Å². The summed E-state index contributed by atoms with van der Waals surface area (Å²) >= 11 is 0. The Kier molecular flexibility index (Phi) is 6.71. The van der Waals surface area contributed by atoms with E-state index in [0.29, 0.717) is 29.1 Å². The van der Waals surface area contributed by atoms with E-state index >= 15 is 0 Å². The van der Waals surface area contributed by atoms with E-state index in [2.05, 4.69) is 30.7 Å². The second-order valence-corrected chi connectivity index (χ2v) is 9.38. The fraction of sp³-hybridized carbons (Fsp3) is 0.500. The topological polar surface area (TPSA) is 112 Å². The summed E-state index contributed by atoms with van der Waals surface area (Å²) < 4.78 is 39.5. The molecular weight excluding hydrogens is 470 g/mol. The zero-order valence-corrected chi connectivity index (χ0v) is 20.3. The lowest BCUT2D eigenvalue weighted by Gasteiger charge is -2.41. The molecule has 3 aromatic rings. The number of nitrogens with one attached hydrogen (secondary N) is 3. The molecule has 2 fully saturated rings. The van der Waals surface area contributed by atoms with Crippen LogP contribution in [0.1, 0.15) is 19.8 Å². The maximum atomic E-state index is 13.4.